The molecule has 0 unspecified atom stereocenters. The number of ether oxygens (including phenoxy) is 1. The number of nitrogens with zero attached hydrogens (tertiary/aromatic N) is 1. The average molecular weight is 319 g/mol. The van der Waals surface area contributed by atoms with Crippen LogP contribution < -0.4 is 15.5 Å². The number of carbonyl (C=O) groups is 1. The molecule has 0 aromatic heterocycles. The Morgan fingerprint density at radius 2 is 2.04 bits per heavy atom. The number of carbonyl (C=O) groups excluding carboxylic acids is 1. The molecule has 0 radical (unpaired) electrons. The first-order valence-corrected chi connectivity index (χ1v) is 8.55. The van der Waals surface area contributed by atoms with Crippen LogP contribution in [0.5, 0.6) is 0 Å². The highest BCUT2D eigenvalue weighted by Crippen LogP contribution is 2.23. The second-order valence-electron chi connectivity index (χ2n) is 6.19. The number of benzene rings is 1. The van der Waals surface area contributed by atoms with Gasteiger partial charge in [0.1, 0.15) is 0 Å². The molecule has 5 nitrogen and oxygen atoms in total. The fourth-order valence-corrected chi connectivity index (χ4v) is 2.94. The summed E-state index contributed by atoms with van der Waals surface area (Å²) in [4.78, 5) is 14.5. The van der Waals surface area contributed by atoms with E-state index in [-0.39, 0.29) is 18.1 Å². The van der Waals surface area contributed by atoms with Crippen molar-refractivity contribution in [3.05, 3.63) is 29.8 Å². The van der Waals surface area contributed by atoms with Crippen LogP contribution in [0, 0.1) is 0 Å². The molecule has 0 bridgehead atoms. The summed E-state index contributed by atoms with van der Waals surface area (Å²) in [7, 11) is 1.65. The van der Waals surface area contributed by atoms with Crippen molar-refractivity contribution in [2.75, 3.05) is 31.7 Å². The fourth-order valence-electron chi connectivity index (χ4n) is 2.94. The molecule has 5 heteroatoms. The van der Waals surface area contributed by atoms with E-state index >= 15 is 0 Å². The van der Waals surface area contributed by atoms with Crippen LogP contribution in [0.4, 0.5) is 10.5 Å². The highest BCUT2D eigenvalue weighted by atomic mass is 16.5. The number of hydrogen-bond donors (Lipinski definition) is 2. The first-order chi connectivity index (χ1) is 11.1. The Morgan fingerprint density at radius 1 is 1.30 bits per heavy atom. The smallest absolute Gasteiger partial charge is 0.315 e. The molecule has 0 aliphatic carbocycles. The lowest BCUT2D eigenvalue weighted by Gasteiger charge is -2.22. The number of nitrogens with one attached hydrogen (secondary N) is 2. The van der Waals surface area contributed by atoms with Crippen molar-refractivity contribution in [2.24, 2.45) is 0 Å². The number of amides is 2. The van der Waals surface area contributed by atoms with Crippen LogP contribution in [0.15, 0.2) is 24.3 Å². The van der Waals surface area contributed by atoms with Gasteiger partial charge in [0.15, 0.2) is 0 Å². The molecule has 1 aliphatic heterocycles. The van der Waals surface area contributed by atoms with E-state index in [2.05, 4.69) is 39.8 Å². The third kappa shape index (κ3) is 5.13. The molecular formula is C18H29N3O2. The Balaban J connectivity index is 1.93. The standard InChI is InChI=1S/C18H29N3O2/c1-4-16(13-23-3)20-18(22)19-14(2)15-8-7-9-17(12-15)21-10-5-6-11-21/h7-9,12,14,16H,4-6,10-11,13H2,1-3H3,(H2,19,20,22)/t14-,16-/m0/s1. The molecular weight excluding hydrogens is 290 g/mol. The van der Waals surface area contributed by atoms with E-state index in [4.69, 9.17) is 4.74 Å². The fraction of sp³-hybridized carbons (Fsp3) is 0.611. The predicted octanol–water partition coefficient (Wildman–Crippen LogP) is 3.07. The molecule has 1 saturated heterocycles. The second kappa shape index (κ2) is 8.77. The molecule has 2 rings (SSSR count). The van der Waals surface area contributed by atoms with Crippen molar-refractivity contribution >= 4 is 11.7 Å². The third-order valence-corrected chi connectivity index (χ3v) is 4.38. The van der Waals surface area contributed by atoms with Crippen molar-refractivity contribution in [1.82, 2.24) is 10.6 Å². The van der Waals surface area contributed by atoms with Crippen LogP contribution in [0.3, 0.4) is 0 Å². The Kier molecular flexibility index (Phi) is 6.71. The highest BCUT2D eigenvalue weighted by Gasteiger charge is 2.16. The lowest BCUT2D eigenvalue weighted by atomic mass is 10.1. The molecule has 23 heavy (non-hydrogen) atoms. The van der Waals surface area contributed by atoms with Crippen LogP contribution in [0.2, 0.25) is 0 Å². The molecule has 0 saturated carbocycles. The summed E-state index contributed by atoms with van der Waals surface area (Å²) in [5.74, 6) is 0. The zero-order valence-electron chi connectivity index (χ0n) is 14.5. The molecule has 1 fully saturated rings. The van der Waals surface area contributed by atoms with Crippen LogP contribution >= 0.6 is 0 Å². The monoisotopic (exact) mass is 319 g/mol. The van der Waals surface area contributed by atoms with Crippen LogP contribution in [-0.2, 0) is 4.74 Å². The van der Waals surface area contributed by atoms with E-state index in [9.17, 15) is 4.79 Å². The Bertz CT molecular complexity index is 501. The van der Waals surface area contributed by atoms with E-state index in [1.54, 1.807) is 7.11 Å². The summed E-state index contributed by atoms with van der Waals surface area (Å²) >= 11 is 0. The maximum Gasteiger partial charge on any atom is 0.315 e. The van der Waals surface area contributed by atoms with E-state index in [1.165, 1.54) is 18.5 Å². The van der Waals surface area contributed by atoms with Gasteiger partial charge >= 0.3 is 6.03 Å². The SMILES string of the molecule is CC[C@@H](COC)NC(=O)N[C@@H](C)c1cccc(N2CCCC2)c1. The van der Waals surface area contributed by atoms with Gasteiger partial charge in [0.25, 0.3) is 0 Å². The lowest BCUT2D eigenvalue weighted by molar-refractivity contribution is 0.163. The number of anilines is 1. The van der Waals surface area contributed by atoms with Gasteiger partial charge < -0.3 is 20.3 Å². The summed E-state index contributed by atoms with van der Waals surface area (Å²) in [5, 5.41) is 5.97. The maximum absolute atomic E-state index is 12.1. The van der Waals surface area contributed by atoms with Crippen molar-refractivity contribution in [3.63, 3.8) is 0 Å². The molecule has 1 heterocycles. The molecule has 1 aliphatic rings. The highest BCUT2D eigenvalue weighted by molar-refractivity contribution is 5.74. The zero-order valence-corrected chi connectivity index (χ0v) is 14.5. The van der Waals surface area contributed by atoms with E-state index in [0.717, 1.165) is 25.1 Å². The van der Waals surface area contributed by atoms with Gasteiger partial charge in [0, 0.05) is 25.9 Å². The average Bonchev–Trinajstić information content (AvgIpc) is 3.09. The summed E-state index contributed by atoms with van der Waals surface area (Å²) in [5.41, 5.74) is 2.38. The van der Waals surface area contributed by atoms with Crippen molar-refractivity contribution < 1.29 is 9.53 Å². The van der Waals surface area contributed by atoms with Crippen molar-refractivity contribution in [1.29, 1.82) is 0 Å². The van der Waals surface area contributed by atoms with Crippen LogP contribution in [0.1, 0.15) is 44.7 Å². The molecule has 1 aromatic carbocycles. The van der Waals surface area contributed by atoms with Gasteiger partial charge in [-0.25, -0.2) is 4.79 Å². The van der Waals surface area contributed by atoms with Gasteiger partial charge in [-0.3, -0.25) is 0 Å². The molecule has 1 aromatic rings. The van der Waals surface area contributed by atoms with Crippen molar-refractivity contribution in [3.8, 4) is 0 Å². The van der Waals surface area contributed by atoms with Gasteiger partial charge in [0.05, 0.1) is 18.7 Å². The first-order valence-electron chi connectivity index (χ1n) is 8.55. The van der Waals surface area contributed by atoms with Gasteiger partial charge in [-0.05, 0) is 43.9 Å². The van der Waals surface area contributed by atoms with E-state index < -0.39 is 0 Å². The van der Waals surface area contributed by atoms with Crippen molar-refractivity contribution in [2.45, 2.75) is 45.2 Å². The molecule has 2 N–H and O–H groups in total. The van der Waals surface area contributed by atoms with E-state index in [0.29, 0.717) is 6.61 Å². The third-order valence-electron chi connectivity index (χ3n) is 4.38. The molecule has 0 spiro atoms. The topological polar surface area (TPSA) is 53.6 Å². The van der Waals surface area contributed by atoms with Crippen LogP contribution in [0.25, 0.3) is 0 Å². The first kappa shape index (κ1) is 17.6. The van der Waals surface area contributed by atoms with E-state index in [1.807, 2.05) is 13.8 Å². The Labute approximate surface area is 139 Å². The normalized spacial score (nSPS) is 16.9. The Morgan fingerprint density at radius 3 is 2.70 bits per heavy atom. The van der Waals surface area contributed by atoms with Gasteiger partial charge in [-0.1, -0.05) is 19.1 Å². The summed E-state index contributed by atoms with van der Waals surface area (Å²) in [6.07, 6.45) is 3.37. The number of rotatable bonds is 7. The second-order valence-corrected chi connectivity index (χ2v) is 6.19. The minimum Gasteiger partial charge on any atom is -0.383 e. The minimum absolute atomic E-state index is 0.0300. The zero-order chi connectivity index (χ0) is 16.7. The molecule has 128 valence electrons. The summed E-state index contributed by atoms with van der Waals surface area (Å²) < 4.78 is 5.11. The number of urea groups is 1. The van der Waals surface area contributed by atoms with Gasteiger partial charge in [0.2, 0.25) is 0 Å². The largest absolute Gasteiger partial charge is 0.383 e. The minimum atomic E-state index is -0.145. The molecule has 2 amide bonds. The van der Waals surface area contributed by atoms with Gasteiger partial charge in [-0.15, -0.1) is 0 Å². The van der Waals surface area contributed by atoms with Crippen LogP contribution in [-0.4, -0.2) is 38.9 Å². The number of methoxy groups -OCH3 is 1. The molecule has 2 atom stereocenters. The predicted molar refractivity (Wildman–Crippen MR) is 93.9 cm³/mol. The maximum atomic E-state index is 12.1. The Hall–Kier alpha value is -1.75. The quantitative estimate of drug-likeness (QED) is 0.812. The lowest BCUT2D eigenvalue weighted by Crippen LogP contribution is -2.44. The van der Waals surface area contributed by atoms with Gasteiger partial charge in [-0.2, -0.15) is 0 Å². The summed E-state index contributed by atoms with van der Waals surface area (Å²) in [6, 6.07) is 8.33. The number of hydrogen-bond acceptors (Lipinski definition) is 3. The summed E-state index contributed by atoms with van der Waals surface area (Å²) in [6.45, 7) is 6.83.